The van der Waals surface area contributed by atoms with Gasteiger partial charge in [0.05, 0.1) is 25.0 Å². The van der Waals surface area contributed by atoms with Crippen LogP contribution in [0, 0.1) is 5.82 Å². The van der Waals surface area contributed by atoms with Crippen molar-refractivity contribution in [1.29, 1.82) is 0 Å². The van der Waals surface area contributed by atoms with Crippen molar-refractivity contribution in [1.82, 2.24) is 14.8 Å². The maximum Gasteiger partial charge on any atom is 0.322 e. The van der Waals surface area contributed by atoms with E-state index in [0.717, 1.165) is 0 Å². The summed E-state index contributed by atoms with van der Waals surface area (Å²) in [5, 5.41) is 2.80. The van der Waals surface area contributed by atoms with Gasteiger partial charge in [-0.25, -0.2) is 14.2 Å². The molecule has 0 aliphatic carbocycles. The average Bonchev–Trinajstić information content (AvgIpc) is 2.68. The number of urea groups is 1. The summed E-state index contributed by atoms with van der Waals surface area (Å²) in [5.41, 5.74) is 1.00. The Balaban J connectivity index is 2.01. The zero-order valence-corrected chi connectivity index (χ0v) is 16.5. The first-order valence-corrected chi connectivity index (χ1v) is 9.01. The van der Waals surface area contributed by atoms with Crippen molar-refractivity contribution in [2.45, 2.75) is 6.54 Å². The van der Waals surface area contributed by atoms with E-state index in [4.69, 9.17) is 9.47 Å². The van der Waals surface area contributed by atoms with Crippen LogP contribution in [0.1, 0.15) is 5.56 Å². The van der Waals surface area contributed by atoms with Gasteiger partial charge in [-0.15, -0.1) is 0 Å². The Hall–Kier alpha value is -2.71. The van der Waals surface area contributed by atoms with Gasteiger partial charge in [0.25, 0.3) is 0 Å². The van der Waals surface area contributed by atoms with E-state index in [2.05, 4.69) is 10.3 Å². The Kier molecular flexibility index (Phi) is 8.64. The SMILES string of the molecule is COCCOc1ccc(NC(=O)N(CCN(C)C)Cc2ccccc2F)cn1. The van der Waals surface area contributed by atoms with Gasteiger partial charge in [0.15, 0.2) is 0 Å². The van der Waals surface area contributed by atoms with Gasteiger partial charge >= 0.3 is 6.03 Å². The molecule has 1 aromatic carbocycles. The molecule has 1 N–H and O–H groups in total. The van der Waals surface area contributed by atoms with Gasteiger partial charge in [-0.2, -0.15) is 0 Å². The summed E-state index contributed by atoms with van der Waals surface area (Å²) in [4.78, 5) is 20.4. The lowest BCUT2D eigenvalue weighted by atomic mass is 10.2. The van der Waals surface area contributed by atoms with E-state index in [1.165, 1.54) is 12.3 Å². The summed E-state index contributed by atoms with van der Waals surface area (Å²) < 4.78 is 24.3. The van der Waals surface area contributed by atoms with E-state index in [1.54, 1.807) is 42.3 Å². The third kappa shape index (κ3) is 7.13. The molecule has 0 unspecified atom stereocenters. The highest BCUT2D eigenvalue weighted by molar-refractivity contribution is 5.89. The molecule has 0 radical (unpaired) electrons. The van der Waals surface area contributed by atoms with Gasteiger partial charge in [0.1, 0.15) is 12.4 Å². The topological polar surface area (TPSA) is 66.9 Å². The van der Waals surface area contributed by atoms with Crippen LogP contribution in [0.25, 0.3) is 0 Å². The van der Waals surface area contributed by atoms with E-state index in [0.29, 0.717) is 43.4 Å². The Morgan fingerprint density at radius 1 is 1.14 bits per heavy atom. The number of anilines is 1. The predicted octanol–water partition coefficient (Wildman–Crippen LogP) is 2.84. The maximum absolute atomic E-state index is 14.0. The molecule has 2 aromatic rings. The number of carbonyl (C=O) groups excluding carboxylic acids is 1. The molecule has 1 heterocycles. The fourth-order valence-corrected chi connectivity index (χ4v) is 2.38. The second-order valence-corrected chi connectivity index (χ2v) is 6.47. The fraction of sp³-hybridized carbons (Fsp3) is 0.400. The van der Waals surface area contributed by atoms with Crippen molar-refractivity contribution < 1.29 is 18.7 Å². The number of carbonyl (C=O) groups is 1. The second kappa shape index (κ2) is 11.2. The molecule has 0 aliphatic rings. The van der Waals surface area contributed by atoms with Crippen LogP contribution in [0.5, 0.6) is 5.88 Å². The van der Waals surface area contributed by atoms with Crippen molar-refractivity contribution in [3.63, 3.8) is 0 Å². The monoisotopic (exact) mass is 390 g/mol. The van der Waals surface area contributed by atoms with Crippen LogP contribution >= 0.6 is 0 Å². The number of nitrogens with zero attached hydrogens (tertiary/aromatic N) is 3. The first-order valence-electron chi connectivity index (χ1n) is 9.01. The molecule has 1 aromatic heterocycles. The maximum atomic E-state index is 14.0. The van der Waals surface area contributed by atoms with Crippen molar-refractivity contribution in [3.05, 3.63) is 54.0 Å². The minimum absolute atomic E-state index is 0.179. The van der Waals surface area contributed by atoms with Crippen LogP contribution < -0.4 is 10.1 Å². The van der Waals surface area contributed by atoms with E-state index >= 15 is 0 Å². The van der Waals surface area contributed by atoms with Gasteiger partial charge in [-0.05, 0) is 26.2 Å². The molecule has 2 amide bonds. The first kappa shape index (κ1) is 21.6. The number of hydrogen-bond donors (Lipinski definition) is 1. The number of benzene rings is 1. The smallest absolute Gasteiger partial charge is 0.322 e. The molecule has 152 valence electrons. The minimum Gasteiger partial charge on any atom is -0.475 e. The number of likely N-dealkylation sites (N-methyl/N-ethyl adjacent to an activating group) is 1. The van der Waals surface area contributed by atoms with Crippen LogP contribution in [-0.2, 0) is 11.3 Å². The van der Waals surface area contributed by atoms with Crippen LogP contribution in [0.3, 0.4) is 0 Å². The second-order valence-electron chi connectivity index (χ2n) is 6.47. The van der Waals surface area contributed by atoms with E-state index in [1.807, 2.05) is 19.0 Å². The van der Waals surface area contributed by atoms with Gasteiger partial charge in [-0.1, -0.05) is 18.2 Å². The number of hydrogen-bond acceptors (Lipinski definition) is 5. The molecule has 0 aliphatic heterocycles. The summed E-state index contributed by atoms with van der Waals surface area (Å²) >= 11 is 0. The fourth-order valence-electron chi connectivity index (χ4n) is 2.38. The predicted molar refractivity (Wildman–Crippen MR) is 106 cm³/mol. The Morgan fingerprint density at radius 3 is 2.57 bits per heavy atom. The average molecular weight is 390 g/mol. The number of pyridine rings is 1. The molecular formula is C20H27FN4O3. The molecule has 2 rings (SSSR count). The number of aromatic nitrogens is 1. The number of amides is 2. The van der Waals surface area contributed by atoms with Crippen LogP contribution in [-0.4, -0.2) is 68.3 Å². The number of methoxy groups -OCH3 is 1. The molecule has 28 heavy (non-hydrogen) atoms. The summed E-state index contributed by atoms with van der Waals surface area (Å²) in [6.45, 7) is 2.16. The van der Waals surface area contributed by atoms with Crippen LogP contribution in [0.4, 0.5) is 14.9 Å². The standard InChI is InChI=1S/C20H27FN4O3/c1-24(2)10-11-25(15-16-6-4-5-7-18(16)21)20(26)23-17-8-9-19(22-14-17)28-13-12-27-3/h4-9,14H,10-13,15H2,1-3H3,(H,23,26). The molecule has 0 bridgehead atoms. The molecule has 7 nitrogen and oxygen atoms in total. The van der Waals surface area contributed by atoms with E-state index < -0.39 is 0 Å². The van der Waals surface area contributed by atoms with Crippen LogP contribution in [0.2, 0.25) is 0 Å². The molecule has 0 fully saturated rings. The zero-order chi connectivity index (χ0) is 20.4. The lowest BCUT2D eigenvalue weighted by Gasteiger charge is -2.25. The molecule has 0 spiro atoms. The summed E-state index contributed by atoms with van der Waals surface area (Å²) in [6.07, 6.45) is 1.52. The highest BCUT2D eigenvalue weighted by Gasteiger charge is 2.16. The van der Waals surface area contributed by atoms with Crippen molar-refractivity contribution in [2.75, 3.05) is 52.8 Å². The lowest BCUT2D eigenvalue weighted by molar-refractivity contribution is 0.144. The van der Waals surface area contributed by atoms with Crippen molar-refractivity contribution in [2.24, 2.45) is 0 Å². The van der Waals surface area contributed by atoms with Crippen molar-refractivity contribution >= 4 is 11.7 Å². The number of rotatable bonds is 10. The molecule has 0 saturated heterocycles. The largest absolute Gasteiger partial charge is 0.475 e. The number of nitrogens with one attached hydrogen (secondary N) is 1. The Morgan fingerprint density at radius 2 is 1.93 bits per heavy atom. The van der Waals surface area contributed by atoms with Gasteiger partial charge < -0.3 is 24.6 Å². The number of ether oxygens (including phenoxy) is 2. The Labute approximate surface area is 165 Å². The molecule has 0 saturated carbocycles. The van der Waals surface area contributed by atoms with E-state index in [9.17, 15) is 9.18 Å². The van der Waals surface area contributed by atoms with Gasteiger partial charge in [0, 0.05) is 31.8 Å². The number of halogens is 1. The highest BCUT2D eigenvalue weighted by Crippen LogP contribution is 2.14. The molecular weight excluding hydrogens is 363 g/mol. The Bertz CT molecular complexity index is 740. The summed E-state index contributed by atoms with van der Waals surface area (Å²) in [7, 11) is 5.44. The normalized spacial score (nSPS) is 10.8. The summed E-state index contributed by atoms with van der Waals surface area (Å²) in [6, 6.07) is 9.52. The van der Waals surface area contributed by atoms with Crippen molar-refractivity contribution in [3.8, 4) is 5.88 Å². The van der Waals surface area contributed by atoms with Crippen LogP contribution in [0.15, 0.2) is 42.6 Å². The summed E-state index contributed by atoms with van der Waals surface area (Å²) in [5.74, 6) is 0.121. The quantitative estimate of drug-likeness (QED) is 0.632. The molecule has 0 atom stereocenters. The van der Waals surface area contributed by atoms with Gasteiger partial charge in [-0.3, -0.25) is 0 Å². The van der Waals surface area contributed by atoms with Gasteiger partial charge in [0.2, 0.25) is 5.88 Å². The third-order valence-electron chi connectivity index (χ3n) is 3.95. The lowest BCUT2D eigenvalue weighted by Crippen LogP contribution is -2.39. The zero-order valence-electron chi connectivity index (χ0n) is 16.5. The highest BCUT2D eigenvalue weighted by atomic mass is 19.1. The first-order chi connectivity index (χ1) is 13.5. The van der Waals surface area contributed by atoms with E-state index in [-0.39, 0.29) is 18.4 Å². The molecule has 8 heteroatoms. The third-order valence-corrected chi connectivity index (χ3v) is 3.95. The minimum atomic E-state index is -0.329.